The second-order valence-electron chi connectivity index (χ2n) is 5.19. The first-order valence-electron chi connectivity index (χ1n) is 7.52. The van der Waals surface area contributed by atoms with Gasteiger partial charge in [0.1, 0.15) is 11.5 Å². The number of nitrogens with zero attached hydrogens (tertiary/aromatic N) is 1. The highest BCUT2D eigenvalue weighted by atomic mass is 79.9. The zero-order valence-corrected chi connectivity index (χ0v) is 15.8. The Morgan fingerprint density at radius 3 is 2.58 bits per heavy atom. The van der Waals surface area contributed by atoms with E-state index in [1.807, 2.05) is 0 Å². The normalized spacial score (nSPS) is 12.0. The van der Waals surface area contributed by atoms with Gasteiger partial charge in [-0.1, -0.05) is 29.8 Å². The largest absolute Gasteiger partial charge is 0.350 e. The molecule has 0 saturated heterocycles. The van der Waals surface area contributed by atoms with Crippen LogP contribution in [-0.2, 0) is 10.0 Å². The van der Waals surface area contributed by atoms with Crippen molar-refractivity contribution in [3.8, 4) is 0 Å². The van der Waals surface area contributed by atoms with Gasteiger partial charge in [-0.05, 0) is 18.2 Å². The molecule has 0 saturated carbocycles. The predicted octanol–water partition coefficient (Wildman–Crippen LogP) is 2.47. The van der Waals surface area contributed by atoms with Gasteiger partial charge in [0.2, 0.25) is 10.0 Å². The van der Waals surface area contributed by atoms with Gasteiger partial charge in [0.25, 0.3) is 5.91 Å². The molecule has 1 amide bonds. The van der Waals surface area contributed by atoms with Crippen LogP contribution >= 0.6 is 15.9 Å². The van der Waals surface area contributed by atoms with Gasteiger partial charge in [0.15, 0.2) is 0 Å². The summed E-state index contributed by atoms with van der Waals surface area (Å²) in [6, 6.07) is 4.39. The number of amides is 1. The molecule has 0 spiro atoms. The molecule has 0 atom stereocenters. The Kier molecular flexibility index (Phi) is 6.00. The van der Waals surface area contributed by atoms with E-state index in [9.17, 15) is 17.6 Å². The average Bonchev–Trinajstić information content (AvgIpc) is 2.92. The predicted molar refractivity (Wildman–Crippen MR) is 95.0 cm³/mol. The standard InChI is InChI=1S/C15H19BrFN3O3S/c1-3-20(4-2)24(22,23)6-5-18-15(21)14-9-11-12(17)7-10(16)8-13(11)19-14/h7-9,19H,3-6H2,1-2H3,(H,18,21). The van der Waals surface area contributed by atoms with E-state index in [0.717, 1.165) is 0 Å². The Balaban J connectivity index is 2.04. The minimum absolute atomic E-state index is 0.0147. The van der Waals surface area contributed by atoms with Gasteiger partial charge in [0, 0.05) is 29.5 Å². The van der Waals surface area contributed by atoms with Crippen molar-refractivity contribution in [2.24, 2.45) is 0 Å². The van der Waals surface area contributed by atoms with Crippen LogP contribution in [0.3, 0.4) is 0 Å². The summed E-state index contributed by atoms with van der Waals surface area (Å²) in [6.45, 7) is 4.29. The van der Waals surface area contributed by atoms with Crippen molar-refractivity contribution in [3.05, 3.63) is 34.2 Å². The summed E-state index contributed by atoms with van der Waals surface area (Å²) in [5.41, 5.74) is 0.671. The number of nitrogens with one attached hydrogen (secondary N) is 2. The van der Waals surface area contributed by atoms with Crippen LogP contribution in [0.25, 0.3) is 10.9 Å². The van der Waals surface area contributed by atoms with Crippen LogP contribution in [0.5, 0.6) is 0 Å². The number of benzene rings is 1. The molecule has 0 aliphatic rings. The third-order valence-corrected chi connectivity index (χ3v) is 6.12. The van der Waals surface area contributed by atoms with Crippen LogP contribution < -0.4 is 5.32 Å². The number of hydrogen-bond donors (Lipinski definition) is 2. The van der Waals surface area contributed by atoms with Crippen LogP contribution in [0.4, 0.5) is 4.39 Å². The number of carbonyl (C=O) groups is 1. The Morgan fingerprint density at radius 2 is 1.96 bits per heavy atom. The minimum Gasteiger partial charge on any atom is -0.350 e. The Morgan fingerprint density at radius 1 is 1.29 bits per heavy atom. The molecule has 132 valence electrons. The molecular formula is C15H19BrFN3O3S. The van der Waals surface area contributed by atoms with Gasteiger partial charge in [-0.25, -0.2) is 17.1 Å². The molecule has 24 heavy (non-hydrogen) atoms. The second kappa shape index (κ2) is 7.62. The summed E-state index contributed by atoms with van der Waals surface area (Å²) in [6.07, 6.45) is 0. The van der Waals surface area contributed by atoms with E-state index < -0.39 is 21.7 Å². The van der Waals surface area contributed by atoms with Gasteiger partial charge >= 0.3 is 0 Å². The first-order valence-corrected chi connectivity index (χ1v) is 9.92. The van der Waals surface area contributed by atoms with Crippen LogP contribution in [0.15, 0.2) is 22.7 Å². The van der Waals surface area contributed by atoms with Crippen molar-refractivity contribution >= 4 is 42.8 Å². The summed E-state index contributed by atoms with van der Waals surface area (Å²) in [5, 5.41) is 2.85. The summed E-state index contributed by atoms with van der Waals surface area (Å²) >= 11 is 3.19. The lowest BCUT2D eigenvalue weighted by Crippen LogP contribution is -2.37. The molecule has 9 heteroatoms. The van der Waals surface area contributed by atoms with Gasteiger partial charge in [-0.15, -0.1) is 0 Å². The second-order valence-corrected chi connectivity index (χ2v) is 8.19. The van der Waals surface area contributed by atoms with Crippen LogP contribution in [0, 0.1) is 5.82 Å². The van der Waals surface area contributed by atoms with Crippen LogP contribution in [0.2, 0.25) is 0 Å². The van der Waals surface area contributed by atoms with E-state index in [4.69, 9.17) is 0 Å². The van der Waals surface area contributed by atoms with Crippen molar-refractivity contribution in [3.63, 3.8) is 0 Å². The lowest BCUT2D eigenvalue weighted by atomic mass is 10.2. The lowest BCUT2D eigenvalue weighted by Gasteiger charge is -2.18. The number of carbonyl (C=O) groups excluding carboxylic acids is 1. The van der Waals surface area contributed by atoms with Crippen molar-refractivity contribution in [1.29, 1.82) is 0 Å². The molecular weight excluding hydrogens is 401 g/mol. The number of hydrogen-bond acceptors (Lipinski definition) is 3. The van der Waals surface area contributed by atoms with Crippen LogP contribution in [-0.4, -0.2) is 49.0 Å². The molecule has 6 nitrogen and oxygen atoms in total. The molecule has 2 aromatic rings. The van der Waals surface area contributed by atoms with Crippen molar-refractivity contribution in [2.45, 2.75) is 13.8 Å². The third kappa shape index (κ3) is 4.14. The van der Waals surface area contributed by atoms with E-state index in [1.54, 1.807) is 19.9 Å². The number of fused-ring (bicyclic) bond motifs is 1. The fraction of sp³-hybridized carbons (Fsp3) is 0.400. The van der Waals surface area contributed by atoms with E-state index >= 15 is 0 Å². The molecule has 0 fully saturated rings. The number of H-pyrrole nitrogens is 1. The highest BCUT2D eigenvalue weighted by Crippen LogP contribution is 2.23. The molecule has 1 aromatic carbocycles. The zero-order valence-electron chi connectivity index (χ0n) is 13.4. The molecule has 0 aliphatic carbocycles. The third-order valence-electron chi connectivity index (χ3n) is 3.64. The summed E-state index contributed by atoms with van der Waals surface area (Å²) in [7, 11) is -3.40. The molecule has 0 radical (unpaired) electrons. The molecule has 0 bridgehead atoms. The molecule has 2 rings (SSSR count). The Hall–Kier alpha value is -1.45. The topological polar surface area (TPSA) is 82.3 Å². The first-order chi connectivity index (χ1) is 11.3. The number of rotatable bonds is 7. The molecule has 2 N–H and O–H groups in total. The lowest BCUT2D eigenvalue weighted by molar-refractivity contribution is 0.0952. The van der Waals surface area contributed by atoms with E-state index in [1.165, 1.54) is 16.4 Å². The maximum Gasteiger partial charge on any atom is 0.267 e. The van der Waals surface area contributed by atoms with Crippen molar-refractivity contribution in [2.75, 3.05) is 25.4 Å². The minimum atomic E-state index is -3.40. The number of sulfonamides is 1. The van der Waals surface area contributed by atoms with E-state index in [0.29, 0.717) is 28.5 Å². The average molecular weight is 420 g/mol. The van der Waals surface area contributed by atoms with Gasteiger partial charge in [-0.3, -0.25) is 4.79 Å². The van der Waals surface area contributed by atoms with Gasteiger partial charge < -0.3 is 10.3 Å². The highest BCUT2D eigenvalue weighted by Gasteiger charge is 2.19. The number of aromatic nitrogens is 1. The van der Waals surface area contributed by atoms with Gasteiger partial charge in [-0.2, -0.15) is 0 Å². The summed E-state index contributed by atoms with van der Waals surface area (Å²) in [5.74, 6) is -1.10. The summed E-state index contributed by atoms with van der Waals surface area (Å²) in [4.78, 5) is 14.9. The monoisotopic (exact) mass is 419 g/mol. The highest BCUT2D eigenvalue weighted by molar-refractivity contribution is 9.10. The quantitative estimate of drug-likeness (QED) is 0.722. The molecule has 1 heterocycles. The zero-order chi connectivity index (χ0) is 17.9. The number of halogens is 2. The maximum atomic E-state index is 13.8. The molecule has 0 unspecified atom stereocenters. The first kappa shape index (κ1) is 18.9. The Labute approximate surface area is 148 Å². The van der Waals surface area contributed by atoms with E-state index in [-0.39, 0.29) is 18.0 Å². The van der Waals surface area contributed by atoms with Gasteiger partial charge in [0.05, 0.1) is 11.3 Å². The fourth-order valence-electron chi connectivity index (χ4n) is 2.42. The molecule has 1 aromatic heterocycles. The van der Waals surface area contributed by atoms with E-state index in [2.05, 4.69) is 26.2 Å². The van der Waals surface area contributed by atoms with Crippen molar-refractivity contribution in [1.82, 2.24) is 14.6 Å². The number of aromatic amines is 1. The maximum absolute atomic E-state index is 13.8. The smallest absolute Gasteiger partial charge is 0.267 e. The Bertz CT molecular complexity index is 847. The fourth-order valence-corrected chi connectivity index (χ4v) is 4.25. The summed E-state index contributed by atoms with van der Waals surface area (Å²) < 4.78 is 39.8. The van der Waals surface area contributed by atoms with Crippen LogP contribution in [0.1, 0.15) is 24.3 Å². The SMILES string of the molecule is CCN(CC)S(=O)(=O)CCNC(=O)c1cc2c(F)cc(Br)cc2[nH]1. The van der Waals surface area contributed by atoms with Crippen molar-refractivity contribution < 1.29 is 17.6 Å². The molecule has 0 aliphatic heterocycles.